The summed E-state index contributed by atoms with van der Waals surface area (Å²) >= 11 is 0. The van der Waals surface area contributed by atoms with E-state index in [2.05, 4.69) is 4.90 Å². The first-order valence-corrected chi connectivity index (χ1v) is 6.59. The summed E-state index contributed by atoms with van der Waals surface area (Å²) in [6.07, 6.45) is 0. The SMILES string of the molecule is COCCN(CCOC)Cc1ccccc1C(=O)OC. The predicted octanol–water partition coefficient (Wildman–Crippen LogP) is 1.57. The fraction of sp³-hybridized carbons (Fsp3) is 0.533. The van der Waals surface area contributed by atoms with E-state index >= 15 is 0 Å². The van der Waals surface area contributed by atoms with E-state index in [9.17, 15) is 4.79 Å². The molecule has 0 heterocycles. The zero-order valence-corrected chi connectivity index (χ0v) is 12.4. The van der Waals surface area contributed by atoms with Gasteiger partial charge in [-0.05, 0) is 11.6 Å². The van der Waals surface area contributed by atoms with E-state index in [1.807, 2.05) is 18.2 Å². The average Bonchev–Trinajstić information content (AvgIpc) is 2.49. The zero-order valence-electron chi connectivity index (χ0n) is 12.4. The molecule has 0 aliphatic rings. The third kappa shape index (κ3) is 5.28. The summed E-state index contributed by atoms with van der Waals surface area (Å²) in [6, 6.07) is 7.49. The smallest absolute Gasteiger partial charge is 0.338 e. The Bertz CT molecular complexity index is 401. The largest absolute Gasteiger partial charge is 0.465 e. The maximum absolute atomic E-state index is 11.8. The first kappa shape index (κ1) is 16.6. The molecular formula is C15H23NO4. The molecule has 0 saturated heterocycles. The predicted molar refractivity (Wildman–Crippen MR) is 76.8 cm³/mol. The van der Waals surface area contributed by atoms with Crippen LogP contribution in [0.4, 0.5) is 0 Å². The zero-order chi connectivity index (χ0) is 14.8. The van der Waals surface area contributed by atoms with E-state index in [0.29, 0.717) is 25.3 Å². The van der Waals surface area contributed by atoms with Gasteiger partial charge in [-0.15, -0.1) is 0 Å². The van der Waals surface area contributed by atoms with Crippen LogP contribution in [-0.4, -0.2) is 58.5 Å². The Labute approximate surface area is 120 Å². The summed E-state index contributed by atoms with van der Waals surface area (Å²) in [7, 11) is 4.75. The molecule has 5 heteroatoms. The van der Waals surface area contributed by atoms with E-state index in [1.165, 1.54) is 7.11 Å². The van der Waals surface area contributed by atoms with Crippen molar-refractivity contribution < 1.29 is 19.0 Å². The summed E-state index contributed by atoms with van der Waals surface area (Å²) in [5, 5.41) is 0. The number of rotatable bonds is 9. The van der Waals surface area contributed by atoms with E-state index < -0.39 is 0 Å². The molecule has 0 saturated carbocycles. The van der Waals surface area contributed by atoms with Crippen LogP contribution in [0.2, 0.25) is 0 Å². The Morgan fingerprint density at radius 3 is 2.20 bits per heavy atom. The molecule has 1 rings (SSSR count). The molecule has 20 heavy (non-hydrogen) atoms. The lowest BCUT2D eigenvalue weighted by molar-refractivity contribution is 0.0597. The molecular weight excluding hydrogens is 258 g/mol. The molecule has 0 fully saturated rings. The van der Waals surface area contributed by atoms with Gasteiger partial charge < -0.3 is 14.2 Å². The van der Waals surface area contributed by atoms with Crippen LogP contribution in [0.1, 0.15) is 15.9 Å². The summed E-state index contributed by atoms with van der Waals surface area (Å²) in [4.78, 5) is 13.9. The van der Waals surface area contributed by atoms with E-state index in [1.54, 1.807) is 20.3 Å². The summed E-state index contributed by atoms with van der Waals surface area (Å²) < 4.78 is 15.0. The van der Waals surface area contributed by atoms with E-state index in [0.717, 1.165) is 18.7 Å². The molecule has 1 aromatic carbocycles. The van der Waals surface area contributed by atoms with Crippen LogP contribution < -0.4 is 0 Å². The van der Waals surface area contributed by atoms with Gasteiger partial charge in [0.1, 0.15) is 0 Å². The second-order valence-corrected chi connectivity index (χ2v) is 4.41. The van der Waals surface area contributed by atoms with E-state index in [-0.39, 0.29) is 5.97 Å². The van der Waals surface area contributed by atoms with Crippen LogP contribution in [-0.2, 0) is 20.8 Å². The van der Waals surface area contributed by atoms with Gasteiger partial charge in [-0.25, -0.2) is 4.79 Å². The monoisotopic (exact) mass is 281 g/mol. The molecule has 1 aromatic rings. The molecule has 0 atom stereocenters. The van der Waals surface area contributed by atoms with Crippen LogP contribution in [0, 0.1) is 0 Å². The van der Waals surface area contributed by atoms with Gasteiger partial charge >= 0.3 is 5.97 Å². The van der Waals surface area contributed by atoms with Crippen molar-refractivity contribution in [2.24, 2.45) is 0 Å². The molecule has 0 radical (unpaired) electrons. The number of nitrogens with zero attached hydrogens (tertiary/aromatic N) is 1. The second-order valence-electron chi connectivity index (χ2n) is 4.41. The normalized spacial score (nSPS) is 10.8. The van der Waals surface area contributed by atoms with Gasteiger partial charge in [0.15, 0.2) is 0 Å². The maximum Gasteiger partial charge on any atom is 0.338 e. The van der Waals surface area contributed by atoms with Crippen molar-refractivity contribution in [3.05, 3.63) is 35.4 Å². The van der Waals surface area contributed by atoms with Gasteiger partial charge in [-0.1, -0.05) is 18.2 Å². The third-order valence-corrected chi connectivity index (χ3v) is 3.04. The number of carbonyl (C=O) groups excluding carboxylic acids is 1. The van der Waals surface area contributed by atoms with Crippen LogP contribution in [0.15, 0.2) is 24.3 Å². The van der Waals surface area contributed by atoms with Gasteiger partial charge in [0, 0.05) is 33.9 Å². The van der Waals surface area contributed by atoms with Crippen molar-refractivity contribution in [3.63, 3.8) is 0 Å². The fourth-order valence-corrected chi connectivity index (χ4v) is 1.92. The van der Waals surface area contributed by atoms with Gasteiger partial charge in [-0.2, -0.15) is 0 Å². The Kier molecular flexibility index (Phi) is 7.87. The number of esters is 1. The number of hydrogen-bond acceptors (Lipinski definition) is 5. The van der Waals surface area contributed by atoms with Crippen molar-refractivity contribution in [2.75, 3.05) is 47.6 Å². The molecule has 0 aliphatic carbocycles. The van der Waals surface area contributed by atoms with Crippen molar-refractivity contribution in [1.82, 2.24) is 4.90 Å². The minimum Gasteiger partial charge on any atom is -0.465 e. The Hall–Kier alpha value is -1.43. The highest BCUT2D eigenvalue weighted by molar-refractivity contribution is 5.90. The van der Waals surface area contributed by atoms with Crippen molar-refractivity contribution in [2.45, 2.75) is 6.54 Å². The quantitative estimate of drug-likeness (QED) is 0.643. The van der Waals surface area contributed by atoms with E-state index in [4.69, 9.17) is 14.2 Å². The second kappa shape index (κ2) is 9.47. The Morgan fingerprint density at radius 1 is 1.05 bits per heavy atom. The lowest BCUT2D eigenvalue weighted by Crippen LogP contribution is -2.31. The summed E-state index contributed by atoms with van der Waals surface area (Å²) in [6.45, 7) is 3.52. The number of methoxy groups -OCH3 is 3. The Morgan fingerprint density at radius 2 is 1.65 bits per heavy atom. The van der Waals surface area contributed by atoms with Crippen molar-refractivity contribution >= 4 is 5.97 Å². The van der Waals surface area contributed by atoms with Crippen LogP contribution in [0.5, 0.6) is 0 Å². The van der Waals surface area contributed by atoms with Gasteiger partial charge in [0.25, 0.3) is 0 Å². The first-order chi connectivity index (χ1) is 9.72. The van der Waals surface area contributed by atoms with Crippen LogP contribution in [0.25, 0.3) is 0 Å². The number of carbonyl (C=O) groups is 1. The molecule has 0 unspecified atom stereocenters. The fourth-order valence-electron chi connectivity index (χ4n) is 1.92. The molecule has 5 nitrogen and oxygen atoms in total. The standard InChI is InChI=1S/C15H23NO4/c1-18-10-8-16(9-11-19-2)12-13-6-4-5-7-14(13)15(17)20-3/h4-7H,8-12H2,1-3H3. The molecule has 0 spiro atoms. The molecule has 0 aliphatic heterocycles. The van der Waals surface area contributed by atoms with Gasteiger partial charge in [-0.3, -0.25) is 4.90 Å². The summed E-state index contributed by atoms with van der Waals surface area (Å²) in [5.41, 5.74) is 1.56. The summed E-state index contributed by atoms with van der Waals surface area (Å²) in [5.74, 6) is -0.306. The molecule has 0 N–H and O–H groups in total. The molecule has 0 aromatic heterocycles. The van der Waals surface area contributed by atoms with Gasteiger partial charge in [0.05, 0.1) is 25.9 Å². The topological polar surface area (TPSA) is 48.0 Å². The van der Waals surface area contributed by atoms with Crippen LogP contribution in [0.3, 0.4) is 0 Å². The van der Waals surface area contributed by atoms with Crippen LogP contribution >= 0.6 is 0 Å². The number of ether oxygens (including phenoxy) is 3. The highest BCUT2D eigenvalue weighted by Gasteiger charge is 2.14. The number of hydrogen-bond donors (Lipinski definition) is 0. The first-order valence-electron chi connectivity index (χ1n) is 6.59. The van der Waals surface area contributed by atoms with Crippen molar-refractivity contribution in [3.8, 4) is 0 Å². The lowest BCUT2D eigenvalue weighted by Gasteiger charge is -2.22. The highest BCUT2D eigenvalue weighted by atomic mass is 16.5. The minimum absolute atomic E-state index is 0.306. The number of benzene rings is 1. The van der Waals surface area contributed by atoms with Gasteiger partial charge in [0.2, 0.25) is 0 Å². The average molecular weight is 281 g/mol. The third-order valence-electron chi connectivity index (χ3n) is 3.04. The molecule has 0 amide bonds. The molecule has 112 valence electrons. The minimum atomic E-state index is -0.306. The van der Waals surface area contributed by atoms with Crippen molar-refractivity contribution in [1.29, 1.82) is 0 Å². The lowest BCUT2D eigenvalue weighted by atomic mass is 10.1. The maximum atomic E-state index is 11.8. The Balaban J connectivity index is 2.78. The molecule has 0 bridgehead atoms. The highest BCUT2D eigenvalue weighted by Crippen LogP contribution is 2.13.